The number of hydrogen-bond donors (Lipinski definition) is 1. The number of carbonyl (C=O) groups is 4. The maximum Gasteiger partial charge on any atom is 0.373 e. The van der Waals surface area contributed by atoms with Gasteiger partial charge in [0.15, 0.2) is 11.2 Å². The predicted octanol–water partition coefficient (Wildman–Crippen LogP) is 2.70. The van der Waals surface area contributed by atoms with Gasteiger partial charge in [0.2, 0.25) is 11.9 Å². The first-order valence-electron chi connectivity index (χ1n) is 9.67. The van der Waals surface area contributed by atoms with Crippen molar-refractivity contribution in [2.45, 2.75) is 32.3 Å². The third-order valence-electron chi connectivity index (χ3n) is 4.21. The van der Waals surface area contributed by atoms with E-state index in [0.717, 1.165) is 38.4 Å². The van der Waals surface area contributed by atoms with E-state index < -0.39 is 42.3 Å². The number of anilines is 1. The number of ether oxygens (including phenoxy) is 5. The van der Waals surface area contributed by atoms with E-state index in [-0.39, 0.29) is 22.2 Å². The van der Waals surface area contributed by atoms with E-state index in [1.165, 1.54) is 18.3 Å². The molecule has 3 rings (SSSR count). The highest BCUT2D eigenvalue weighted by molar-refractivity contribution is 7.19. The van der Waals surface area contributed by atoms with Gasteiger partial charge < -0.3 is 23.7 Å². The molecule has 0 spiro atoms. The Morgan fingerprint density at radius 3 is 2.44 bits per heavy atom. The highest BCUT2D eigenvalue weighted by atomic mass is 35.5. The minimum atomic E-state index is -1.48. The van der Waals surface area contributed by atoms with Crippen molar-refractivity contribution in [1.82, 2.24) is 4.98 Å². The number of thiazole rings is 1. The van der Waals surface area contributed by atoms with Gasteiger partial charge in [-0.2, -0.15) is 0 Å². The molecule has 180 valence electrons. The van der Waals surface area contributed by atoms with E-state index in [1.54, 1.807) is 12.1 Å². The van der Waals surface area contributed by atoms with Gasteiger partial charge in [0, 0.05) is 19.9 Å². The molecule has 0 saturated carbocycles. The topological polar surface area (TPSA) is 139 Å². The fraction of sp³-hybridized carbons (Fsp3) is 0.286. The number of aromatic nitrogens is 1. The predicted molar refractivity (Wildman–Crippen MR) is 118 cm³/mol. The summed E-state index contributed by atoms with van der Waals surface area (Å²) in [5.74, 6) is -3.18. The second kappa shape index (κ2) is 11.0. The molecule has 0 unspecified atom stereocenters. The summed E-state index contributed by atoms with van der Waals surface area (Å²) in [6, 6.07) is 6.14. The van der Waals surface area contributed by atoms with Crippen molar-refractivity contribution in [1.29, 1.82) is 0 Å². The number of amides is 1. The van der Waals surface area contributed by atoms with Crippen LogP contribution in [0.15, 0.2) is 42.3 Å². The van der Waals surface area contributed by atoms with E-state index in [0.29, 0.717) is 4.34 Å². The van der Waals surface area contributed by atoms with Gasteiger partial charge in [0.05, 0.1) is 18.9 Å². The van der Waals surface area contributed by atoms with Crippen LogP contribution in [-0.2, 0) is 33.3 Å². The lowest BCUT2D eigenvalue weighted by atomic mass is 10.1. The maximum absolute atomic E-state index is 12.8. The van der Waals surface area contributed by atoms with E-state index in [9.17, 15) is 19.2 Å². The molecule has 0 fully saturated rings. The van der Waals surface area contributed by atoms with Gasteiger partial charge in [-0.3, -0.25) is 19.7 Å². The molecule has 1 aliphatic heterocycles. The van der Waals surface area contributed by atoms with Crippen molar-refractivity contribution in [3.05, 3.63) is 52.2 Å². The second-order valence-corrected chi connectivity index (χ2v) is 8.36. The van der Waals surface area contributed by atoms with Crippen molar-refractivity contribution in [3.8, 4) is 5.75 Å². The zero-order valence-electron chi connectivity index (χ0n) is 18.1. The van der Waals surface area contributed by atoms with Crippen LogP contribution >= 0.6 is 22.9 Å². The van der Waals surface area contributed by atoms with Crippen LogP contribution in [0.2, 0.25) is 4.34 Å². The summed E-state index contributed by atoms with van der Waals surface area (Å²) >= 11 is 6.91. The normalized spacial score (nSPS) is 19.2. The van der Waals surface area contributed by atoms with Crippen LogP contribution in [0.4, 0.5) is 5.13 Å². The van der Waals surface area contributed by atoms with E-state index >= 15 is 0 Å². The molecule has 1 aromatic heterocycles. The molecule has 0 radical (unpaired) electrons. The molecule has 1 aliphatic rings. The number of methoxy groups -OCH3 is 1. The fourth-order valence-corrected chi connectivity index (χ4v) is 3.71. The van der Waals surface area contributed by atoms with Gasteiger partial charge >= 0.3 is 17.9 Å². The number of esters is 3. The molecular formula is C21H19ClN2O9S. The number of nitrogens with zero attached hydrogens (tertiary/aromatic N) is 1. The average Bonchev–Trinajstić information content (AvgIpc) is 3.19. The largest absolute Gasteiger partial charge is 0.463 e. The Balaban J connectivity index is 1.93. The molecule has 2 aromatic rings. The van der Waals surface area contributed by atoms with Crippen LogP contribution in [-0.4, -0.2) is 54.4 Å². The number of rotatable bonds is 7. The molecule has 2 heterocycles. The van der Waals surface area contributed by atoms with Crippen LogP contribution in [0.1, 0.15) is 24.2 Å². The third-order valence-corrected chi connectivity index (χ3v) is 5.24. The number of hydrogen-bond acceptors (Lipinski definition) is 11. The smallest absolute Gasteiger partial charge is 0.373 e. The van der Waals surface area contributed by atoms with Crippen molar-refractivity contribution in [2.75, 3.05) is 12.4 Å². The molecule has 13 heteroatoms. The molecule has 1 aromatic carbocycles. The quantitative estimate of drug-likeness (QED) is 0.436. The van der Waals surface area contributed by atoms with Gasteiger partial charge in [-0.05, 0) is 12.1 Å². The van der Waals surface area contributed by atoms with E-state index in [2.05, 4.69) is 15.0 Å². The van der Waals surface area contributed by atoms with Crippen molar-refractivity contribution in [2.24, 2.45) is 0 Å². The molecule has 0 saturated heterocycles. The molecule has 0 bridgehead atoms. The van der Waals surface area contributed by atoms with Crippen LogP contribution in [0, 0.1) is 0 Å². The highest BCUT2D eigenvalue weighted by Gasteiger charge is 2.43. The summed E-state index contributed by atoms with van der Waals surface area (Å²) < 4.78 is 26.9. The molecule has 3 atom stereocenters. The number of para-hydroxylation sites is 1. The Bertz CT molecular complexity index is 1130. The average molecular weight is 511 g/mol. The van der Waals surface area contributed by atoms with Gasteiger partial charge in [-0.25, -0.2) is 9.78 Å². The zero-order valence-corrected chi connectivity index (χ0v) is 19.7. The van der Waals surface area contributed by atoms with E-state index in [4.69, 9.17) is 30.5 Å². The van der Waals surface area contributed by atoms with Crippen LogP contribution < -0.4 is 10.1 Å². The van der Waals surface area contributed by atoms with Gasteiger partial charge in [-0.1, -0.05) is 35.1 Å². The summed E-state index contributed by atoms with van der Waals surface area (Å²) in [5.41, 5.74) is 0.0807. The number of benzene rings is 1. The summed E-state index contributed by atoms with van der Waals surface area (Å²) in [7, 11) is 1.13. The first-order chi connectivity index (χ1) is 16.2. The number of nitrogens with one attached hydrogen (secondary N) is 1. The first-order valence-corrected chi connectivity index (χ1v) is 10.9. The number of carbonyl (C=O) groups excluding carboxylic acids is 4. The summed E-state index contributed by atoms with van der Waals surface area (Å²) in [6.45, 7) is 2.29. The fourth-order valence-electron chi connectivity index (χ4n) is 2.90. The van der Waals surface area contributed by atoms with Crippen LogP contribution in [0.3, 0.4) is 0 Å². The Morgan fingerprint density at radius 2 is 1.82 bits per heavy atom. The van der Waals surface area contributed by atoms with Crippen molar-refractivity contribution in [3.63, 3.8) is 0 Å². The SMILES string of the molecule is COC(=O)C1=C[C@H](OC(C)=O)[C@@H](OC(C)=O)[C@H](Oc2ccccc2C(=O)Nc2ncc(Cl)s2)O1. The Labute approximate surface area is 202 Å². The van der Waals surface area contributed by atoms with Gasteiger partial charge in [-0.15, -0.1) is 0 Å². The lowest BCUT2D eigenvalue weighted by molar-refractivity contribution is -0.202. The van der Waals surface area contributed by atoms with Crippen molar-refractivity contribution < 1.29 is 42.9 Å². The monoisotopic (exact) mass is 510 g/mol. The molecular weight excluding hydrogens is 492 g/mol. The highest BCUT2D eigenvalue weighted by Crippen LogP contribution is 2.30. The van der Waals surface area contributed by atoms with Crippen LogP contribution in [0.25, 0.3) is 0 Å². The molecule has 0 aliphatic carbocycles. The molecule has 34 heavy (non-hydrogen) atoms. The maximum atomic E-state index is 12.8. The van der Waals surface area contributed by atoms with Crippen molar-refractivity contribution >= 4 is 51.9 Å². The standard InChI is InChI=1S/C21H19ClN2O9S/c1-10(25)30-14-8-15(19(28)29-3)33-20(17(14)31-11(2)26)32-13-7-5-4-6-12(13)18(27)24-21-23-9-16(22)34-21/h4-9,14,17,20H,1-3H3,(H,23,24,27)/t14-,17+,20+/m0/s1. The lowest BCUT2D eigenvalue weighted by Crippen LogP contribution is -2.50. The Morgan fingerprint density at radius 1 is 1.12 bits per heavy atom. The molecule has 1 N–H and O–H groups in total. The summed E-state index contributed by atoms with van der Waals surface area (Å²) in [4.78, 5) is 52.2. The van der Waals surface area contributed by atoms with Gasteiger partial charge in [0.1, 0.15) is 10.1 Å². The minimum absolute atomic E-state index is 0.0255. The second-order valence-electron chi connectivity index (χ2n) is 6.69. The summed E-state index contributed by atoms with van der Waals surface area (Å²) in [5, 5.41) is 2.86. The Hall–Kier alpha value is -3.64. The molecule has 1 amide bonds. The van der Waals surface area contributed by atoms with Gasteiger partial charge in [0.25, 0.3) is 12.2 Å². The minimum Gasteiger partial charge on any atom is -0.463 e. The van der Waals surface area contributed by atoms with Crippen LogP contribution in [0.5, 0.6) is 5.75 Å². The first kappa shape index (κ1) is 25.0. The third kappa shape index (κ3) is 6.23. The summed E-state index contributed by atoms with van der Waals surface area (Å²) in [6.07, 6.45) is -1.47. The van der Waals surface area contributed by atoms with E-state index in [1.807, 2.05) is 0 Å². The zero-order chi connectivity index (χ0) is 24.8. The lowest BCUT2D eigenvalue weighted by Gasteiger charge is -2.35. The molecule has 11 nitrogen and oxygen atoms in total. The number of halogens is 1. The Kier molecular flexibility index (Phi) is 8.08.